The van der Waals surface area contributed by atoms with E-state index in [9.17, 15) is 9.90 Å². The molecule has 0 saturated heterocycles. The van der Waals surface area contributed by atoms with Gasteiger partial charge in [0.1, 0.15) is 5.82 Å². The lowest BCUT2D eigenvalue weighted by Gasteiger charge is -2.20. The number of rotatable bonds is 4. The summed E-state index contributed by atoms with van der Waals surface area (Å²) in [6, 6.07) is 3.69. The lowest BCUT2D eigenvalue weighted by atomic mass is 10.2. The first-order chi connectivity index (χ1) is 9.56. The van der Waals surface area contributed by atoms with Crippen molar-refractivity contribution in [2.75, 3.05) is 13.6 Å². The van der Waals surface area contributed by atoms with Gasteiger partial charge in [0.2, 0.25) is 0 Å². The van der Waals surface area contributed by atoms with Crippen molar-refractivity contribution in [2.24, 2.45) is 5.92 Å². The van der Waals surface area contributed by atoms with Gasteiger partial charge in [-0.05, 0) is 37.8 Å². The Morgan fingerprint density at radius 3 is 3.00 bits per heavy atom. The van der Waals surface area contributed by atoms with E-state index in [-0.39, 0.29) is 5.91 Å². The van der Waals surface area contributed by atoms with E-state index in [2.05, 4.69) is 4.98 Å². The summed E-state index contributed by atoms with van der Waals surface area (Å²) in [4.78, 5) is 18.2. The SMILES string of the molecule is Cc1ncc2ccc(C(=O)N(C)CC(O)C3CC3)cn12. The van der Waals surface area contributed by atoms with E-state index in [4.69, 9.17) is 0 Å². The number of carbonyl (C=O) groups is 1. The minimum atomic E-state index is -0.400. The Morgan fingerprint density at radius 1 is 1.55 bits per heavy atom. The molecule has 0 spiro atoms. The molecule has 1 saturated carbocycles. The molecule has 1 aliphatic rings. The molecule has 1 unspecified atom stereocenters. The summed E-state index contributed by atoms with van der Waals surface area (Å²) in [6.07, 6.45) is 5.33. The van der Waals surface area contributed by atoms with Crippen LogP contribution in [0.3, 0.4) is 0 Å². The molecule has 2 heterocycles. The highest BCUT2D eigenvalue weighted by molar-refractivity contribution is 5.94. The number of aliphatic hydroxyl groups is 1. The number of aliphatic hydroxyl groups excluding tert-OH is 1. The lowest BCUT2D eigenvalue weighted by molar-refractivity contribution is 0.0645. The quantitative estimate of drug-likeness (QED) is 0.918. The van der Waals surface area contributed by atoms with Gasteiger partial charge in [0.25, 0.3) is 5.91 Å². The maximum Gasteiger partial charge on any atom is 0.255 e. The number of carbonyl (C=O) groups excluding carboxylic acids is 1. The number of nitrogens with zero attached hydrogens (tertiary/aromatic N) is 3. The summed E-state index contributed by atoms with van der Waals surface area (Å²) in [5.41, 5.74) is 1.59. The summed E-state index contributed by atoms with van der Waals surface area (Å²) >= 11 is 0. The van der Waals surface area contributed by atoms with Crippen molar-refractivity contribution in [3.63, 3.8) is 0 Å². The topological polar surface area (TPSA) is 57.8 Å². The van der Waals surface area contributed by atoms with Crippen LogP contribution in [0, 0.1) is 12.8 Å². The Kier molecular flexibility index (Phi) is 3.22. The number of likely N-dealkylation sites (N-methyl/N-ethyl adjacent to an activating group) is 1. The van der Waals surface area contributed by atoms with Crippen LogP contribution in [0.25, 0.3) is 5.52 Å². The highest BCUT2D eigenvalue weighted by Crippen LogP contribution is 2.32. The molecule has 1 atom stereocenters. The fraction of sp³-hybridized carbons (Fsp3) is 0.467. The van der Waals surface area contributed by atoms with Gasteiger partial charge in [-0.3, -0.25) is 4.79 Å². The average molecular weight is 273 g/mol. The standard InChI is InChI=1S/C15H19N3O2/c1-10-16-7-13-6-5-12(8-18(10)13)15(20)17(2)9-14(19)11-3-4-11/h5-8,11,14,19H,3-4,9H2,1-2H3. The van der Waals surface area contributed by atoms with Crippen LogP contribution in [0.2, 0.25) is 0 Å². The summed E-state index contributed by atoms with van der Waals surface area (Å²) in [7, 11) is 1.74. The molecular weight excluding hydrogens is 254 g/mol. The lowest BCUT2D eigenvalue weighted by Crippen LogP contribution is -2.35. The van der Waals surface area contributed by atoms with Crippen LogP contribution in [-0.2, 0) is 0 Å². The second kappa shape index (κ2) is 4.90. The summed E-state index contributed by atoms with van der Waals surface area (Å²) in [5, 5.41) is 9.93. The van der Waals surface area contributed by atoms with Gasteiger partial charge < -0.3 is 14.4 Å². The average Bonchev–Trinajstić information content (AvgIpc) is 3.23. The van der Waals surface area contributed by atoms with Gasteiger partial charge in [0.15, 0.2) is 0 Å². The van der Waals surface area contributed by atoms with E-state index in [1.54, 1.807) is 30.4 Å². The molecule has 106 valence electrons. The number of pyridine rings is 1. The second-order valence-electron chi connectivity index (χ2n) is 5.61. The molecule has 2 aromatic heterocycles. The van der Waals surface area contributed by atoms with E-state index >= 15 is 0 Å². The van der Waals surface area contributed by atoms with Crippen molar-refractivity contribution < 1.29 is 9.90 Å². The molecule has 1 aliphatic carbocycles. The first-order valence-corrected chi connectivity index (χ1v) is 6.93. The van der Waals surface area contributed by atoms with Crippen LogP contribution in [0.15, 0.2) is 24.5 Å². The van der Waals surface area contributed by atoms with Crippen molar-refractivity contribution in [3.05, 3.63) is 35.9 Å². The van der Waals surface area contributed by atoms with E-state index in [1.165, 1.54) is 0 Å². The molecule has 0 bridgehead atoms. The number of fused-ring (bicyclic) bond motifs is 1. The van der Waals surface area contributed by atoms with Crippen molar-refractivity contribution in [1.29, 1.82) is 0 Å². The maximum absolute atomic E-state index is 12.4. The van der Waals surface area contributed by atoms with Gasteiger partial charge in [-0.25, -0.2) is 4.98 Å². The molecule has 1 N–H and O–H groups in total. The number of aryl methyl sites for hydroxylation is 1. The van der Waals surface area contributed by atoms with Crippen molar-refractivity contribution in [1.82, 2.24) is 14.3 Å². The van der Waals surface area contributed by atoms with E-state index in [0.717, 1.165) is 24.2 Å². The third-order valence-corrected chi connectivity index (χ3v) is 3.93. The number of imidazole rings is 1. The van der Waals surface area contributed by atoms with Crippen molar-refractivity contribution in [3.8, 4) is 0 Å². The third kappa shape index (κ3) is 2.41. The first kappa shape index (κ1) is 13.1. The van der Waals surface area contributed by atoms with Gasteiger partial charge in [-0.1, -0.05) is 0 Å². The third-order valence-electron chi connectivity index (χ3n) is 3.93. The van der Waals surface area contributed by atoms with Crippen LogP contribution < -0.4 is 0 Å². The predicted molar refractivity (Wildman–Crippen MR) is 75.6 cm³/mol. The summed E-state index contributed by atoms with van der Waals surface area (Å²) in [6.45, 7) is 2.30. The number of hydrogen-bond donors (Lipinski definition) is 1. The molecule has 0 aliphatic heterocycles. The van der Waals surface area contributed by atoms with Crippen LogP contribution >= 0.6 is 0 Å². The Labute approximate surface area is 117 Å². The molecule has 0 radical (unpaired) electrons. The first-order valence-electron chi connectivity index (χ1n) is 6.93. The van der Waals surface area contributed by atoms with Gasteiger partial charge >= 0.3 is 0 Å². The second-order valence-corrected chi connectivity index (χ2v) is 5.61. The van der Waals surface area contributed by atoms with Gasteiger partial charge in [-0.15, -0.1) is 0 Å². The zero-order valence-electron chi connectivity index (χ0n) is 11.8. The minimum absolute atomic E-state index is 0.0697. The monoisotopic (exact) mass is 273 g/mol. The van der Waals surface area contributed by atoms with E-state index in [1.807, 2.05) is 17.4 Å². The normalized spacial score (nSPS) is 16.4. The molecule has 20 heavy (non-hydrogen) atoms. The zero-order chi connectivity index (χ0) is 14.3. The smallest absolute Gasteiger partial charge is 0.255 e. The molecule has 2 aromatic rings. The highest BCUT2D eigenvalue weighted by atomic mass is 16.3. The summed E-state index contributed by atoms with van der Waals surface area (Å²) in [5.74, 6) is 1.17. The fourth-order valence-electron chi connectivity index (χ4n) is 2.46. The Hall–Kier alpha value is -1.88. The van der Waals surface area contributed by atoms with Crippen LogP contribution in [0.5, 0.6) is 0 Å². The number of aromatic nitrogens is 2. The molecule has 1 fully saturated rings. The Balaban J connectivity index is 1.78. The highest BCUT2D eigenvalue weighted by Gasteiger charge is 2.31. The predicted octanol–water partition coefficient (Wildman–Crippen LogP) is 1.49. The van der Waals surface area contributed by atoms with E-state index in [0.29, 0.717) is 18.0 Å². The molecule has 5 heteroatoms. The van der Waals surface area contributed by atoms with Crippen molar-refractivity contribution >= 4 is 11.4 Å². The van der Waals surface area contributed by atoms with Crippen molar-refractivity contribution in [2.45, 2.75) is 25.9 Å². The molecular formula is C15H19N3O2. The Morgan fingerprint density at radius 2 is 2.30 bits per heavy atom. The molecule has 3 rings (SSSR count). The van der Waals surface area contributed by atoms with Crippen LogP contribution in [-0.4, -0.2) is 45.0 Å². The van der Waals surface area contributed by atoms with Gasteiger partial charge in [0.05, 0.1) is 23.4 Å². The van der Waals surface area contributed by atoms with E-state index < -0.39 is 6.10 Å². The van der Waals surface area contributed by atoms with Gasteiger partial charge in [0, 0.05) is 19.8 Å². The largest absolute Gasteiger partial charge is 0.391 e. The summed E-state index contributed by atoms with van der Waals surface area (Å²) < 4.78 is 1.90. The van der Waals surface area contributed by atoms with Crippen LogP contribution in [0.4, 0.5) is 0 Å². The zero-order valence-corrected chi connectivity index (χ0v) is 11.8. The molecule has 0 aromatic carbocycles. The molecule has 1 amide bonds. The molecule has 5 nitrogen and oxygen atoms in total. The minimum Gasteiger partial charge on any atom is -0.391 e. The number of amides is 1. The number of hydrogen-bond acceptors (Lipinski definition) is 3. The van der Waals surface area contributed by atoms with Crippen LogP contribution in [0.1, 0.15) is 29.0 Å². The Bertz CT molecular complexity index is 646. The fourth-order valence-corrected chi connectivity index (χ4v) is 2.46. The maximum atomic E-state index is 12.4. The van der Waals surface area contributed by atoms with Gasteiger partial charge in [-0.2, -0.15) is 0 Å².